The van der Waals surface area contributed by atoms with Gasteiger partial charge in [-0.25, -0.2) is 0 Å². The molecule has 0 aromatic rings. The molecule has 4 nitrogen and oxygen atoms in total. The van der Waals surface area contributed by atoms with Crippen LogP contribution in [0.15, 0.2) is 5.29 Å². The molecule has 1 rings (SSSR count). The molecule has 1 saturated heterocycles. The summed E-state index contributed by atoms with van der Waals surface area (Å²) in [6.07, 6.45) is 0.891. The summed E-state index contributed by atoms with van der Waals surface area (Å²) in [6, 6.07) is 0. The molecule has 1 aliphatic heterocycles. The van der Waals surface area contributed by atoms with E-state index in [9.17, 15) is 4.91 Å². The van der Waals surface area contributed by atoms with Crippen molar-refractivity contribution < 1.29 is 5.11 Å². The predicted octanol–water partition coefficient (Wildman–Crippen LogP) is -0.0180. The third-order valence-electron chi connectivity index (χ3n) is 1.64. The van der Waals surface area contributed by atoms with Gasteiger partial charge in [0.2, 0.25) is 0 Å². The van der Waals surface area contributed by atoms with Crippen molar-refractivity contribution in [3.63, 3.8) is 0 Å². The summed E-state index contributed by atoms with van der Waals surface area (Å²) in [5.41, 5.74) is 0. The third-order valence-corrected chi connectivity index (χ3v) is 1.64. The van der Waals surface area contributed by atoms with Gasteiger partial charge in [0.05, 0.1) is 5.29 Å². The average molecular weight is 130 g/mol. The smallest absolute Gasteiger partial charge is 0.0524 e. The zero-order chi connectivity index (χ0) is 6.69. The van der Waals surface area contributed by atoms with Gasteiger partial charge < -0.3 is 5.11 Å². The van der Waals surface area contributed by atoms with Crippen LogP contribution >= 0.6 is 0 Å². The lowest BCUT2D eigenvalue weighted by atomic mass is 10.1. The Morgan fingerprint density at radius 1 is 1.78 bits per heavy atom. The minimum Gasteiger partial charge on any atom is -0.396 e. The van der Waals surface area contributed by atoms with Crippen LogP contribution in [-0.4, -0.2) is 29.8 Å². The Labute approximate surface area is 53.4 Å². The zero-order valence-corrected chi connectivity index (χ0v) is 5.16. The van der Waals surface area contributed by atoms with Gasteiger partial charge in [-0.2, -0.15) is 0 Å². The van der Waals surface area contributed by atoms with Crippen LogP contribution in [0.2, 0.25) is 0 Å². The van der Waals surface area contributed by atoms with Gasteiger partial charge in [0, 0.05) is 25.6 Å². The Bertz CT molecular complexity index is 107. The first kappa shape index (κ1) is 6.48. The molecule has 52 valence electrons. The monoisotopic (exact) mass is 130 g/mol. The van der Waals surface area contributed by atoms with E-state index in [1.54, 1.807) is 0 Å². The molecule has 0 unspecified atom stereocenters. The molecule has 0 spiro atoms. The van der Waals surface area contributed by atoms with Crippen LogP contribution < -0.4 is 0 Å². The van der Waals surface area contributed by atoms with Crippen LogP contribution in [-0.2, 0) is 0 Å². The van der Waals surface area contributed by atoms with Crippen molar-refractivity contribution in [3.05, 3.63) is 4.91 Å². The molecule has 1 atom stereocenters. The lowest BCUT2D eigenvalue weighted by Gasteiger charge is -2.04. The van der Waals surface area contributed by atoms with Gasteiger partial charge in [0.1, 0.15) is 0 Å². The van der Waals surface area contributed by atoms with Gasteiger partial charge in [0.15, 0.2) is 0 Å². The summed E-state index contributed by atoms with van der Waals surface area (Å²) < 4.78 is 0. The molecule has 4 heteroatoms. The normalized spacial score (nSPS) is 26.8. The van der Waals surface area contributed by atoms with Gasteiger partial charge in [-0.3, -0.25) is 5.01 Å². The minimum atomic E-state index is 0.173. The standard InChI is InChI=1S/C5H10N2O2/c8-4-5-1-2-7(3-5)6-9/h5,8H,1-4H2/t5-/m0/s1. The minimum absolute atomic E-state index is 0.173. The van der Waals surface area contributed by atoms with Crippen molar-refractivity contribution in [1.29, 1.82) is 0 Å². The van der Waals surface area contributed by atoms with Crippen molar-refractivity contribution in [2.24, 2.45) is 11.2 Å². The van der Waals surface area contributed by atoms with E-state index in [0.29, 0.717) is 13.1 Å². The molecule has 0 radical (unpaired) electrons. The second-order valence-corrected chi connectivity index (χ2v) is 2.33. The van der Waals surface area contributed by atoms with E-state index < -0.39 is 0 Å². The fourth-order valence-corrected chi connectivity index (χ4v) is 1.04. The van der Waals surface area contributed by atoms with Gasteiger partial charge >= 0.3 is 0 Å². The Balaban J connectivity index is 2.28. The SMILES string of the molecule is O=NN1CC[C@H](CO)C1. The van der Waals surface area contributed by atoms with Crippen molar-refractivity contribution in [1.82, 2.24) is 5.01 Å². The highest BCUT2D eigenvalue weighted by atomic mass is 16.3. The maximum absolute atomic E-state index is 9.86. The average Bonchev–Trinajstić information content (AvgIpc) is 2.34. The lowest BCUT2D eigenvalue weighted by molar-refractivity contribution is 0.223. The van der Waals surface area contributed by atoms with E-state index in [0.717, 1.165) is 6.42 Å². The summed E-state index contributed by atoms with van der Waals surface area (Å²) >= 11 is 0. The summed E-state index contributed by atoms with van der Waals surface area (Å²) in [4.78, 5) is 9.86. The number of hydrogen-bond acceptors (Lipinski definition) is 3. The van der Waals surface area contributed by atoms with E-state index in [1.807, 2.05) is 0 Å². The van der Waals surface area contributed by atoms with Crippen LogP contribution in [0.3, 0.4) is 0 Å². The molecular formula is C5H10N2O2. The Kier molecular flexibility index (Phi) is 2.00. The number of rotatable bonds is 2. The lowest BCUT2D eigenvalue weighted by Crippen LogP contribution is -2.13. The molecule has 1 fully saturated rings. The number of hydrogen-bond donors (Lipinski definition) is 1. The highest BCUT2D eigenvalue weighted by Gasteiger charge is 2.20. The van der Waals surface area contributed by atoms with Crippen molar-refractivity contribution in [2.75, 3.05) is 19.7 Å². The quantitative estimate of drug-likeness (QED) is 0.534. The van der Waals surface area contributed by atoms with Gasteiger partial charge in [-0.15, -0.1) is 4.91 Å². The van der Waals surface area contributed by atoms with E-state index >= 15 is 0 Å². The maximum Gasteiger partial charge on any atom is 0.0524 e. The molecule has 9 heavy (non-hydrogen) atoms. The van der Waals surface area contributed by atoms with Gasteiger partial charge in [0.25, 0.3) is 0 Å². The second kappa shape index (κ2) is 2.77. The molecule has 1 N–H and O–H groups in total. The first-order chi connectivity index (χ1) is 4.36. The largest absolute Gasteiger partial charge is 0.396 e. The fourth-order valence-electron chi connectivity index (χ4n) is 1.04. The molecule has 0 aromatic heterocycles. The molecular weight excluding hydrogens is 120 g/mol. The van der Waals surface area contributed by atoms with E-state index in [1.165, 1.54) is 5.01 Å². The highest BCUT2D eigenvalue weighted by Crippen LogP contribution is 2.14. The number of aliphatic hydroxyl groups excluding tert-OH is 1. The molecule has 0 aliphatic carbocycles. The van der Waals surface area contributed by atoms with Gasteiger partial charge in [-0.05, 0) is 6.42 Å². The van der Waals surface area contributed by atoms with Crippen molar-refractivity contribution in [2.45, 2.75) is 6.42 Å². The topological polar surface area (TPSA) is 52.9 Å². The summed E-state index contributed by atoms with van der Waals surface area (Å²) in [5, 5.41) is 12.8. The van der Waals surface area contributed by atoms with Crippen molar-refractivity contribution >= 4 is 0 Å². The van der Waals surface area contributed by atoms with E-state index in [4.69, 9.17) is 5.11 Å². The van der Waals surface area contributed by atoms with Crippen LogP contribution in [0.4, 0.5) is 0 Å². The first-order valence-corrected chi connectivity index (χ1v) is 3.06. The Hall–Kier alpha value is -0.640. The fraction of sp³-hybridized carbons (Fsp3) is 1.00. The summed E-state index contributed by atoms with van der Waals surface area (Å²) in [5.74, 6) is 0.266. The van der Waals surface area contributed by atoms with Gasteiger partial charge in [-0.1, -0.05) is 0 Å². The number of aliphatic hydroxyl groups is 1. The third kappa shape index (κ3) is 1.38. The Morgan fingerprint density at radius 3 is 2.89 bits per heavy atom. The first-order valence-electron chi connectivity index (χ1n) is 3.06. The molecule has 0 saturated carbocycles. The highest BCUT2D eigenvalue weighted by molar-refractivity contribution is 4.71. The van der Waals surface area contributed by atoms with E-state index in [2.05, 4.69) is 5.29 Å². The zero-order valence-electron chi connectivity index (χ0n) is 5.16. The summed E-state index contributed by atoms with van der Waals surface area (Å²) in [7, 11) is 0. The van der Waals surface area contributed by atoms with Crippen LogP contribution in [0.5, 0.6) is 0 Å². The predicted molar refractivity (Wildman–Crippen MR) is 32.6 cm³/mol. The number of nitrogens with zero attached hydrogens (tertiary/aromatic N) is 2. The van der Waals surface area contributed by atoms with Crippen LogP contribution in [0.1, 0.15) is 6.42 Å². The van der Waals surface area contributed by atoms with Crippen LogP contribution in [0, 0.1) is 10.8 Å². The maximum atomic E-state index is 9.86. The molecule has 0 bridgehead atoms. The van der Waals surface area contributed by atoms with Crippen LogP contribution in [0.25, 0.3) is 0 Å². The molecule has 1 heterocycles. The summed E-state index contributed by atoms with van der Waals surface area (Å²) in [6.45, 7) is 1.50. The molecule has 1 aliphatic rings. The second-order valence-electron chi connectivity index (χ2n) is 2.33. The van der Waals surface area contributed by atoms with Crippen molar-refractivity contribution in [3.8, 4) is 0 Å². The Morgan fingerprint density at radius 2 is 2.56 bits per heavy atom. The molecule has 0 amide bonds. The molecule has 0 aromatic carbocycles. The van der Waals surface area contributed by atoms with E-state index in [-0.39, 0.29) is 12.5 Å². The number of nitroso groups, excluding NO2 is 1.